The van der Waals surface area contributed by atoms with E-state index in [1.165, 1.54) is 6.20 Å². The zero-order chi connectivity index (χ0) is 60.2. The van der Waals surface area contributed by atoms with E-state index in [9.17, 15) is 78.0 Å². The molecule has 2 rings (SSSR count). The first-order valence-electron chi connectivity index (χ1n) is 25.1. The van der Waals surface area contributed by atoms with Gasteiger partial charge in [0.1, 0.15) is 48.3 Å². The van der Waals surface area contributed by atoms with Gasteiger partial charge in [0.25, 0.3) is 0 Å². The number of unbranched alkanes of at least 4 members (excludes halogenated alkanes) is 1. The van der Waals surface area contributed by atoms with E-state index in [-0.39, 0.29) is 57.6 Å². The van der Waals surface area contributed by atoms with E-state index in [1.807, 2.05) is 0 Å². The first-order valence-corrected chi connectivity index (χ1v) is 26.3. The van der Waals surface area contributed by atoms with Gasteiger partial charge in [0.05, 0.1) is 18.6 Å². The number of carboxylic acids is 3. The first-order chi connectivity index (χ1) is 37.7. The van der Waals surface area contributed by atoms with Crippen LogP contribution in [0, 0.1) is 0 Å². The molecule has 0 saturated carbocycles. The van der Waals surface area contributed by atoms with E-state index in [2.05, 4.69) is 77.8 Å². The number of thiol groups is 2. The molecule has 0 radical (unpaired) electrons. The Morgan fingerprint density at radius 1 is 0.588 bits per heavy atom. The summed E-state index contributed by atoms with van der Waals surface area (Å²) in [5, 5.41) is 58.9. The number of H-pyrrole nitrogens is 1. The minimum Gasteiger partial charge on any atom is -0.481 e. The third-order valence-corrected chi connectivity index (χ3v) is 12.6. The zero-order valence-corrected chi connectivity index (χ0v) is 45.5. The molecule has 31 nitrogen and oxygen atoms in total. The highest BCUT2D eigenvalue weighted by molar-refractivity contribution is 7.80. The number of nitrogens with one attached hydrogen (secondary N) is 9. The number of primary amides is 1. The molecule has 0 fully saturated rings. The molecule has 9 amide bonds. The van der Waals surface area contributed by atoms with Crippen molar-refractivity contribution in [2.75, 3.05) is 24.6 Å². The zero-order valence-electron chi connectivity index (χ0n) is 43.7. The molecule has 0 spiro atoms. The lowest BCUT2D eigenvalue weighted by Crippen LogP contribution is -2.62. The van der Waals surface area contributed by atoms with Crippen LogP contribution in [0.1, 0.15) is 76.7 Å². The lowest BCUT2D eigenvalue weighted by molar-refractivity contribution is -0.143. The molecular weight excluding hydrogens is 1090 g/mol. The van der Waals surface area contributed by atoms with E-state index in [4.69, 9.17) is 28.7 Å². The predicted octanol–water partition coefficient (Wildman–Crippen LogP) is -5.97. The van der Waals surface area contributed by atoms with Crippen molar-refractivity contribution < 1.29 is 78.0 Å². The number of para-hydroxylation sites is 1. The van der Waals surface area contributed by atoms with Crippen LogP contribution in [0.3, 0.4) is 0 Å². The Kier molecular flexibility index (Phi) is 29.9. The van der Waals surface area contributed by atoms with Gasteiger partial charge in [-0.3, -0.25) is 57.7 Å². The van der Waals surface area contributed by atoms with Crippen molar-refractivity contribution in [3.63, 3.8) is 0 Å². The number of benzene rings is 1. The summed E-state index contributed by atoms with van der Waals surface area (Å²) in [5.41, 5.74) is 28.7. The lowest BCUT2D eigenvalue weighted by Gasteiger charge is -2.28. The third kappa shape index (κ3) is 24.1. The van der Waals surface area contributed by atoms with Gasteiger partial charge in [0, 0.05) is 54.4 Å². The minimum atomic E-state index is -1.98. The van der Waals surface area contributed by atoms with Gasteiger partial charge in [0.15, 0.2) is 5.96 Å². The Balaban J connectivity index is 2.29. The number of carbonyl (C=O) groups is 12. The van der Waals surface area contributed by atoms with Crippen molar-refractivity contribution >= 4 is 113 Å². The fourth-order valence-electron chi connectivity index (χ4n) is 7.55. The standard InChI is InChI=1S/C47H73N15O16S2/c1-22(63)37(45(76)57-29(12-14-35(65)66)41(72)58-30(18-36(67)68)42(73)59-31(46(77)78)17-23-19-54-26-8-3-2-7-24(23)26)62-44(75)33(21-80)61-43(74)32(20-79)60-40(71)28(10-6-16-53-47(51)52)56-39(70)27(9-4-5-15-48)55-38(69)25(49)11-13-34(50)64/h2-3,7-8,19,22,25,27-33,37,54,63,79-80H,4-6,9-18,20-21,48-49H2,1H3,(H2,50,64)(H,55,69)(H,56,70)(H,57,76)(H,58,72)(H,59,73)(H,60,71)(H,61,74)(H,62,75)(H,65,66)(H,67,68)(H,77,78)(H4,51,52,53)/t22-,25+,27+,28+,29+,30+,31+,32+,33+,37+/m1/s1. The van der Waals surface area contributed by atoms with Crippen LogP contribution in [0.25, 0.3) is 10.9 Å². The molecule has 80 heavy (non-hydrogen) atoms. The van der Waals surface area contributed by atoms with Gasteiger partial charge in [-0.25, -0.2) is 4.79 Å². The number of carbonyl (C=O) groups excluding carboxylic acids is 9. The van der Waals surface area contributed by atoms with Crippen LogP contribution >= 0.6 is 25.3 Å². The molecule has 0 aliphatic rings. The summed E-state index contributed by atoms with van der Waals surface area (Å²) in [7, 11) is 0. The van der Waals surface area contributed by atoms with Crippen LogP contribution in [0.4, 0.5) is 0 Å². The number of hydrogen-bond donors (Lipinski definition) is 20. The minimum absolute atomic E-state index is 0.000871. The van der Waals surface area contributed by atoms with Gasteiger partial charge in [-0.05, 0) is 70.0 Å². The highest BCUT2D eigenvalue weighted by Crippen LogP contribution is 2.19. The number of hydrogen-bond acceptors (Lipinski definition) is 18. The molecule has 0 saturated heterocycles. The van der Waals surface area contributed by atoms with Crippen molar-refractivity contribution in [1.82, 2.24) is 47.5 Å². The number of rotatable bonds is 38. The highest BCUT2D eigenvalue weighted by Gasteiger charge is 2.36. The Bertz CT molecular complexity index is 2530. The SMILES string of the molecule is C[C@@H](O)[C@H](NC(=O)[C@H](CS)NC(=O)[C@H](CS)NC(=O)[C@H](CCCN=C(N)N)NC(=O)[C@H](CCCCN)NC(=O)[C@@H](N)CCC(N)=O)C(=O)N[C@@H](CCC(=O)O)C(=O)N[C@@H](CC(=O)O)C(=O)N[C@@H](Cc1c[nH]c2ccccc12)C(=O)O. The molecule has 10 atom stereocenters. The number of carboxylic acid groups (broad SMARTS) is 3. The average Bonchev–Trinajstić information content (AvgIpc) is 3.80. The number of nitrogens with zero attached hydrogens (tertiary/aromatic N) is 1. The first kappa shape index (κ1) is 68.4. The Morgan fingerprint density at radius 3 is 1.60 bits per heavy atom. The van der Waals surface area contributed by atoms with Gasteiger partial charge in [-0.15, -0.1) is 0 Å². The third-order valence-electron chi connectivity index (χ3n) is 11.9. The van der Waals surface area contributed by atoms with Crippen molar-refractivity contribution in [3.8, 4) is 0 Å². The molecule has 23 N–H and O–H groups in total. The molecule has 33 heteroatoms. The van der Waals surface area contributed by atoms with Gasteiger partial charge in [-0.2, -0.15) is 25.3 Å². The fraction of sp³-hybridized carbons (Fsp3) is 0.553. The monoisotopic (exact) mass is 1170 g/mol. The van der Waals surface area contributed by atoms with E-state index in [0.29, 0.717) is 29.3 Å². The Hall–Kier alpha value is -7.75. The lowest BCUT2D eigenvalue weighted by atomic mass is 10.0. The summed E-state index contributed by atoms with van der Waals surface area (Å²) < 4.78 is 0. The van der Waals surface area contributed by atoms with E-state index in [1.54, 1.807) is 24.3 Å². The van der Waals surface area contributed by atoms with Crippen LogP contribution < -0.4 is 71.2 Å². The number of aliphatic imine (C=N–C) groups is 1. The number of aliphatic hydroxyl groups excluding tert-OH is 1. The number of amides is 9. The van der Waals surface area contributed by atoms with Gasteiger partial charge < -0.3 is 96.6 Å². The van der Waals surface area contributed by atoms with Gasteiger partial charge >= 0.3 is 17.9 Å². The summed E-state index contributed by atoms with van der Waals surface area (Å²) in [4.78, 5) is 163. The Morgan fingerprint density at radius 2 is 1.07 bits per heavy atom. The summed E-state index contributed by atoms with van der Waals surface area (Å²) in [6.07, 6.45) is -2.62. The van der Waals surface area contributed by atoms with Crippen LogP contribution in [0.2, 0.25) is 0 Å². The maximum absolute atomic E-state index is 13.9. The summed E-state index contributed by atoms with van der Waals surface area (Å²) in [6.45, 7) is 1.30. The molecule has 0 unspecified atom stereocenters. The van der Waals surface area contributed by atoms with E-state index < -0.39 is 162 Å². The van der Waals surface area contributed by atoms with Crippen LogP contribution in [-0.2, 0) is 64.0 Å². The van der Waals surface area contributed by atoms with E-state index >= 15 is 0 Å². The Labute approximate surface area is 469 Å². The topological polar surface area (TPSA) is 540 Å². The number of guanidine groups is 1. The van der Waals surface area contributed by atoms with Crippen LogP contribution in [-0.4, -0.2) is 188 Å². The molecule has 1 heterocycles. The highest BCUT2D eigenvalue weighted by atomic mass is 32.1. The maximum atomic E-state index is 13.9. The molecule has 0 aliphatic carbocycles. The van der Waals surface area contributed by atoms with Crippen LogP contribution in [0.15, 0.2) is 35.5 Å². The molecule has 0 bridgehead atoms. The van der Waals surface area contributed by atoms with Crippen molar-refractivity contribution in [1.29, 1.82) is 0 Å². The second kappa shape index (κ2) is 35.0. The van der Waals surface area contributed by atoms with E-state index in [0.717, 1.165) is 6.92 Å². The van der Waals surface area contributed by atoms with Crippen molar-refractivity contribution in [2.45, 2.75) is 138 Å². The van der Waals surface area contributed by atoms with Crippen LogP contribution in [0.5, 0.6) is 0 Å². The van der Waals surface area contributed by atoms with Gasteiger partial charge in [-0.1, -0.05) is 18.2 Å². The molecule has 2 aromatic rings. The molecule has 0 aliphatic heterocycles. The number of aliphatic hydroxyl groups is 1. The molecular formula is C47H73N15O16S2. The summed E-state index contributed by atoms with van der Waals surface area (Å²) in [5.74, 6) is -15.1. The number of aliphatic carboxylic acids is 3. The van der Waals surface area contributed by atoms with Crippen molar-refractivity contribution in [3.05, 3.63) is 36.0 Å². The number of aromatic nitrogens is 1. The fourth-order valence-corrected chi connectivity index (χ4v) is 8.07. The maximum Gasteiger partial charge on any atom is 0.326 e. The number of nitrogens with two attached hydrogens (primary N) is 5. The predicted molar refractivity (Wildman–Crippen MR) is 293 cm³/mol. The largest absolute Gasteiger partial charge is 0.481 e. The summed E-state index contributed by atoms with van der Waals surface area (Å²) in [6, 6.07) is -7.65. The quantitative estimate of drug-likeness (QED) is 0.0129. The van der Waals surface area contributed by atoms with Gasteiger partial charge in [0.2, 0.25) is 53.2 Å². The number of aromatic amines is 1. The van der Waals surface area contributed by atoms with Crippen molar-refractivity contribution in [2.24, 2.45) is 33.7 Å². The molecule has 1 aromatic heterocycles. The normalized spacial score (nSPS) is 14.8. The number of fused-ring (bicyclic) bond motifs is 1. The second-order valence-corrected chi connectivity index (χ2v) is 19.0. The molecule has 1 aromatic carbocycles. The average molecular weight is 1170 g/mol. The summed E-state index contributed by atoms with van der Waals surface area (Å²) >= 11 is 8.30. The second-order valence-electron chi connectivity index (χ2n) is 18.3. The smallest absolute Gasteiger partial charge is 0.326 e. The molecule has 444 valence electrons.